The minimum Gasteiger partial charge on any atom is -0.368 e. The fraction of sp³-hybridized carbons (Fsp3) is 0.318. The molecule has 3 amide bonds. The maximum Gasteiger partial charge on any atom is 0.243 e. The topological polar surface area (TPSA) is 101 Å². The average Bonchev–Trinajstić information content (AvgIpc) is 2.64. The number of hydrogen-bond acceptors (Lipinski definition) is 3. The second kappa shape index (κ2) is 9.82. The molecule has 0 radical (unpaired) electrons. The molecule has 29 heavy (non-hydrogen) atoms. The van der Waals surface area contributed by atoms with Crippen molar-refractivity contribution in [1.82, 2.24) is 10.6 Å². The Hall–Kier alpha value is -3.22. The van der Waals surface area contributed by atoms with Crippen LogP contribution in [0.1, 0.15) is 29.2 Å². The second-order valence-electron chi connectivity index (χ2n) is 7.12. The first-order valence-electron chi connectivity index (χ1n) is 9.33. The number of benzene rings is 2. The van der Waals surface area contributed by atoms with Gasteiger partial charge in [0.25, 0.3) is 0 Å². The zero-order chi connectivity index (χ0) is 21.6. The van der Waals surface area contributed by atoms with E-state index >= 15 is 0 Å². The van der Waals surface area contributed by atoms with Gasteiger partial charge in [-0.25, -0.2) is 4.39 Å². The van der Waals surface area contributed by atoms with Gasteiger partial charge in [-0.1, -0.05) is 30.3 Å². The van der Waals surface area contributed by atoms with Crippen LogP contribution in [0.4, 0.5) is 4.39 Å². The fourth-order valence-electron chi connectivity index (χ4n) is 3.18. The van der Waals surface area contributed by atoms with Crippen molar-refractivity contribution in [1.29, 1.82) is 0 Å². The van der Waals surface area contributed by atoms with Crippen LogP contribution in [0.2, 0.25) is 0 Å². The molecule has 0 saturated carbocycles. The summed E-state index contributed by atoms with van der Waals surface area (Å²) in [4.78, 5) is 36.4. The third-order valence-electron chi connectivity index (χ3n) is 4.76. The third-order valence-corrected chi connectivity index (χ3v) is 4.76. The highest BCUT2D eigenvalue weighted by atomic mass is 19.1. The van der Waals surface area contributed by atoms with E-state index in [0.717, 1.165) is 16.7 Å². The summed E-state index contributed by atoms with van der Waals surface area (Å²) < 4.78 is 13.1. The van der Waals surface area contributed by atoms with Gasteiger partial charge in [-0.05, 0) is 48.2 Å². The van der Waals surface area contributed by atoms with Gasteiger partial charge in [0.05, 0.1) is 0 Å². The molecular formula is C22H26FN3O3. The molecule has 0 unspecified atom stereocenters. The van der Waals surface area contributed by atoms with Crippen molar-refractivity contribution in [3.63, 3.8) is 0 Å². The Labute approximate surface area is 169 Å². The van der Waals surface area contributed by atoms with E-state index in [4.69, 9.17) is 5.73 Å². The number of nitrogens with two attached hydrogens (primary N) is 1. The molecule has 0 aliphatic heterocycles. The molecule has 4 N–H and O–H groups in total. The van der Waals surface area contributed by atoms with Crippen molar-refractivity contribution in [2.45, 2.75) is 45.7 Å². The number of rotatable bonds is 8. The monoisotopic (exact) mass is 399 g/mol. The van der Waals surface area contributed by atoms with Gasteiger partial charge in [-0.3, -0.25) is 14.4 Å². The molecule has 0 fully saturated rings. The predicted molar refractivity (Wildman–Crippen MR) is 108 cm³/mol. The summed E-state index contributed by atoms with van der Waals surface area (Å²) in [6.07, 6.45) is 0.406. The lowest BCUT2D eigenvalue weighted by atomic mass is 9.95. The largest absolute Gasteiger partial charge is 0.368 e. The van der Waals surface area contributed by atoms with Gasteiger partial charge in [0.15, 0.2) is 0 Å². The van der Waals surface area contributed by atoms with Crippen molar-refractivity contribution < 1.29 is 18.8 Å². The number of amides is 3. The van der Waals surface area contributed by atoms with E-state index in [9.17, 15) is 18.8 Å². The minimum atomic E-state index is -0.924. The van der Waals surface area contributed by atoms with Gasteiger partial charge < -0.3 is 16.4 Å². The lowest BCUT2D eigenvalue weighted by molar-refractivity contribution is -0.130. The van der Waals surface area contributed by atoms with E-state index in [1.807, 2.05) is 32.0 Å². The quantitative estimate of drug-likeness (QED) is 0.630. The van der Waals surface area contributed by atoms with Gasteiger partial charge in [0.2, 0.25) is 17.7 Å². The molecule has 2 atom stereocenters. The first kappa shape index (κ1) is 22.1. The third kappa shape index (κ3) is 6.41. The maximum absolute atomic E-state index is 13.1. The summed E-state index contributed by atoms with van der Waals surface area (Å²) in [5.41, 5.74) is 9.12. The summed E-state index contributed by atoms with van der Waals surface area (Å²) in [5.74, 6) is -1.97. The van der Waals surface area contributed by atoms with Gasteiger partial charge in [0, 0.05) is 19.8 Å². The number of carbonyl (C=O) groups excluding carboxylic acids is 3. The Morgan fingerprint density at radius 3 is 2.03 bits per heavy atom. The normalized spacial score (nSPS) is 12.7. The molecule has 0 saturated heterocycles. The van der Waals surface area contributed by atoms with E-state index < -0.39 is 35.6 Å². The molecule has 2 rings (SSSR count). The van der Waals surface area contributed by atoms with Crippen molar-refractivity contribution in [3.05, 3.63) is 70.5 Å². The molecule has 154 valence electrons. The number of carbonyl (C=O) groups is 3. The highest BCUT2D eigenvalue weighted by molar-refractivity contribution is 5.91. The van der Waals surface area contributed by atoms with Crippen LogP contribution in [0.25, 0.3) is 0 Å². The van der Waals surface area contributed by atoms with Crippen LogP contribution in [-0.4, -0.2) is 29.8 Å². The van der Waals surface area contributed by atoms with Gasteiger partial charge >= 0.3 is 0 Å². The van der Waals surface area contributed by atoms with E-state index in [0.29, 0.717) is 5.56 Å². The van der Waals surface area contributed by atoms with Crippen molar-refractivity contribution in [2.75, 3.05) is 0 Å². The van der Waals surface area contributed by atoms with E-state index in [1.54, 1.807) is 12.1 Å². The number of nitrogens with one attached hydrogen (secondary N) is 2. The summed E-state index contributed by atoms with van der Waals surface area (Å²) >= 11 is 0. The van der Waals surface area contributed by atoms with Crippen LogP contribution in [0.3, 0.4) is 0 Å². The molecule has 2 aromatic carbocycles. The second-order valence-corrected chi connectivity index (χ2v) is 7.12. The Bertz CT molecular complexity index is 876. The van der Waals surface area contributed by atoms with Crippen LogP contribution >= 0.6 is 0 Å². The zero-order valence-electron chi connectivity index (χ0n) is 16.8. The van der Waals surface area contributed by atoms with E-state index in [1.165, 1.54) is 19.1 Å². The SMILES string of the molecule is CC(=O)N[C@@H](Cc1ccc(F)cc1)C(=O)N[C@@H](Cc1c(C)cccc1C)C(N)=O. The molecular weight excluding hydrogens is 373 g/mol. The summed E-state index contributed by atoms with van der Waals surface area (Å²) in [5, 5.41) is 5.23. The Balaban J connectivity index is 2.18. The van der Waals surface area contributed by atoms with Crippen molar-refractivity contribution in [2.24, 2.45) is 5.73 Å². The van der Waals surface area contributed by atoms with Crippen LogP contribution in [0.15, 0.2) is 42.5 Å². The molecule has 0 heterocycles. The van der Waals surface area contributed by atoms with Gasteiger partial charge in [0.1, 0.15) is 17.9 Å². The molecule has 0 spiro atoms. The van der Waals surface area contributed by atoms with Crippen LogP contribution in [-0.2, 0) is 27.2 Å². The molecule has 0 bridgehead atoms. The smallest absolute Gasteiger partial charge is 0.243 e. The number of halogens is 1. The van der Waals surface area contributed by atoms with Crippen LogP contribution < -0.4 is 16.4 Å². The number of hydrogen-bond donors (Lipinski definition) is 3. The summed E-state index contributed by atoms with van der Waals surface area (Å²) in [6, 6.07) is 9.58. The van der Waals surface area contributed by atoms with Crippen molar-refractivity contribution >= 4 is 17.7 Å². The maximum atomic E-state index is 13.1. The Morgan fingerprint density at radius 2 is 1.52 bits per heavy atom. The molecule has 2 aromatic rings. The molecule has 0 aliphatic carbocycles. The number of aryl methyl sites for hydroxylation is 2. The summed E-state index contributed by atoms with van der Waals surface area (Å²) in [6.45, 7) is 5.15. The lowest BCUT2D eigenvalue weighted by Gasteiger charge is -2.23. The lowest BCUT2D eigenvalue weighted by Crippen LogP contribution is -2.54. The highest BCUT2D eigenvalue weighted by Gasteiger charge is 2.26. The highest BCUT2D eigenvalue weighted by Crippen LogP contribution is 2.16. The minimum absolute atomic E-state index is 0.153. The predicted octanol–water partition coefficient (Wildman–Crippen LogP) is 1.70. The van der Waals surface area contributed by atoms with E-state index in [2.05, 4.69) is 10.6 Å². The first-order chi connectivity index (χ1) is 13.7. The molecule has 6 nitrogen and oxygen atoms in total. The molecule has 0 aliphatic rings. The first-order valence-corrected chi connectivity index (χ1v) is 9.33. The molecule has 7 heteroatoms. The fourth-order valence-corrected chi connectivity index (χ4v) is 3.18. The van der Waals surface area contributed by atoms with Gasteiger partial charge in [-0.2, -0.15) is 0 Å². The zero-order valence-corrected chi connectivity index (χ0v) is 16.8. The van der Waals surface area contributed by atoms with Gasteiger partial charge in [-0.15, -0.1) is 0 Å². The average molecular weight is 399 g/mol. The number of primary amides is 1. The van der Waals surface area contributed by atoms with Crippen LogP contribution in [0.5, 0.6) is 0 Å². The summed E-state index contributed by atoms with van der Waals surface area (Å²) in [7, 11) is 0. The molecule has 0 aromatic heterocycles. The Kier molecular flexibility index (Phi) is 7.47. The van der Waals surface area contributed by atoms with Crippen molar-refractivity contribution in [3.8, 4) is 0 Å². The van der Waals surface area contributed by atoms with E-state index in [-0.39, 0.29) is 12.8 Å². The van der Waals surface area contributed by atoms with Crippen LogP contribution in [0, 0.1) is 19.7 Å². The Morgan fingerprint density at radius 1 is 0.931 bits per heavy atom. The standard InChI is InChI=1S/C22H26FN3O3/c1-13-5-4-6-14(2)18(13)12-19(21(24)28)26-22(29)20(25-15(3)27)11-16-7-9-17(23)10-8-16/h4-10,19-20H,11-12H2,1-3H3,(H2,24,28)(H,25,27)(H,26,29)/t19-,20-/m0/s1.